The van der Waals surface area contributed by atoms with E-state index in [0.717, 1.165) is 12.4 Å². The Kier molecular flexibility index (Phi) is 3.25. The van der Waals surface area contributed by atoms with Crippen LogP contribution < -0.4 is 5.32 Å². The van der Waals surface area contributed by atoms with E-state index >= 15 is 0 Å². The minimum Gasteiger partial charge on any atom is -0.318 e. The zero-order valence-electron chi connectivity index (χ0n) is 9.26. The number of aromatic nitrogens is 3. The lowest BCUT2D eigenvalue weighted by molar-refractivity contribution is 0.500. The van der Waals surface area contributed by atoms with Crippen LogP contribution in [0.25, 0.3) is 0 Å². The number of hydrogen-bond donors (Lipinski definition) is 1. The average Bonchev–Trinajstić information content (AvgIpc) is 2.63. The number of hydrogen-bond acceptors (Lipinski definition) is 5. The first kappa shape index (κ1) is 11.5. The van der Waals surface area contributed by atoms with Crippen molar-refractivity contribution >= 4 is 9.84 Å². The monoisotopic (exact) mass is 244 g/mol. The highest BCUT2D eigenvalue weighted by atomic mass is 32.2. The molecule has 0 amide bonds. The van der Waals surface area contributed by atoms with Crippen LogP contribution in [-0.2, 0) is 22.8 Å². The molecule has 1 fully saturated rings. The summed E-state index contributed by atoms with van der Waals surface area (Å²) in [7, 11) is -2.87. The number of nitrogens with one attached hydrogen (secondary N) is 1. The number of nitrogens with zero attached hydrogens (tertiary/aromatic N) is 3. The third kappa shape index (κ3) is 2.59. The van der Waals surface area contributed by atoms with E-state index in [1.54, 1.807) is 6.33 Å². The van der Waals surface area contributed by atoms with E-state index < -0.39 is 9.84 Å². The molecule has 0 radical (unpaired) electrons. The van der Waals surface area contributed by atoms with Crippen LogP contribution in [0.4, 0.5) is 0 Å². The van der Waals surface area contributed by atoms with Gasteiger partial charge in [-0.2, -0.15) is 0 Å². The number of sulfone groups is 1. The average molecular weight is 244 g/mol. The van der Waals surface area contributed by atoms with Gasteiger partial charge in [-0.05, 0) is 6.92 Å². The molecule has 0 spiro atoms. The van der Waals surface area contributed by atoms with Crippen LogP contribution in [0.3, 0.4) is 0 Å². The topological polar surface area (TPSA) is 76.9 Å². The Labute approximate surface area is 95.0 Å². The zero-order valence-corrected chi connectivity index (χ0v) is 10.1. The van der Waals surface area contributed by atoms with Gasteiger partial charge in [0.25, 0.3) is 0 Å². The van der Waals surface area contributed by atoms with E-state index in [4.69, 9.17) is 0 Å². The van der Waals surface area contributed by atoms with Gasteiger partial charge in [0.05, 0.1) is 11.5 Å². The van der Waals surface area contributed by atoms with Crippen molar-refractivity contribution < 1.29 is 8.42 Å². The molecule has 0 saturated carbocycles. The van der Waals surface area contributed by atoms with E-state index in [1.807, 2.05) is 11.5 Å². The molecule has 1 aliphatic heterocycles. The first-order valence-corrected chi connectivity index (χ1v) is 7.23. The lowest BCUT2D eigenvalue weighted by Gasteiger charge is -2.23. The standard InChI is InChI=1S/C9H16N4O2S/c1-2-13-7-11-12-9(13)5-8-6-16(14,15)4-3-10-8/h7-8,10H,2-6H2,1H3. The van der Waals surface area contributed by atoms with Gasteiger partial charge < -0.3 is 9.88 Å². The maximum absolute atomic E-state index is 11.5. The smallest absolute Gasteiger partial charge is 0.153 e. The van der Waals surface area contributed by atoms with Crippen molar-refractivity contribution in [2.75, 3.05) is 18.1 Å². The van der Waals surface area contributed by atoms with Gasteiger partial charge in [-0.15, -0.1) is 10.2 Å². The molecule has 16 heavy (non-hydrogen) atoms. The van der Waals surface area contributed by atoms with Crippen LogP contribution in [-0.4, -0.2) is 47.3 Å². The quantitative estimate of drug-likeness (QED) is 0.755. The first-order valence-electron chi connectivity index (χ1n) is 5.41. The second-order valence-electron chi connectivity index (χ2n) is 4.00. The Balaban J connectivity index is 2.05. The molecule has 1 unspecified atom stereocenters. The highest BCUT2D eigenvalue weighted by Gasteiger charge is 2.25. The van der Waals surface area contributed by atoms with Gasteiger partial charge in [-0.1, -0.05) is 0 Å². The molecular formula is C9H16N4O2S. The largest absolute Gasteiger partial charge is 0.318 e. The molecule has 1 saturated heterocycles. The van der Waals surface area contributed by atoms with Gasteiger partial charge in [-0.3, -0.25) is 0 Å². The molecule has 0 aromatic carbocycles. The van der Waals surface area contributed by atoms with Gasteiger partial charge in [0.15, 0.2) is 9.84 Å². The summed E-state index contributed by atoms with van der Waals surface area (Å²) in [5, 5.41) is 11.0. The minimum atomic E-state index is -2.87. The van der Waals surface area contributed by atoms with E-state index in [2.05, 4.69) is 15.5 Å². The normalized spacial score (nSPS) is 24.4. The molecule has 1 atom stereocenters. The summed E-state index contributed by atoms with van der Waals surface area (Å²) in [6.45, 7) is 3.35. The van der Waals surface area contributed by atoms with Crippen LogP contribution in [0.2, 0.25) is 0 Å². The van der Waals surface area contributed by atoms with E-state index in [-0.39, 0.29) is 17.5 Å². The fraction of sp³-hybridized carbons (Fsp3) is 0.778. The molecule has 1 N–H and O–H groups in total. The molecule has 1 aromatic heterocycles. The maximum Gasteiger partial charge on any atom is 0.153 e. The predicted octanol–water partition coefficient (Wildman–Crippen LogP) is -0.773. The Hall–Kier alpha value is -0.950. The van der Waals surface area contributed by atoms with E-state index in [0.29, 0.717) is 13.0 Å². The zero-order chi connectivity index (χ0) is 11.6. The SMILES string of the molecule is CCn1cnnc1CC1CS(=O)(=O)CCN1. The molecule has 1 aromatic rings. The number of aryl methyl sites for hydroxylation is 1. The second kappa shape index (κ2) is 4.50. The summed E-state index contributed by atoms with van der Waals surface area (Å²) in [4.78, 5) is 0. The van der Waals surface area contributed by atoms with Gasteiger partial charge in [-0.25, -0.2) is 8.42 Å². The summed E-state index contributed by atoms with van der Waals surface area (Å²) >= 11 is 0. The number of rotatable bonds is 3. The van der Waals surface area contributed by atoms with Crippen molar-refractivity contribution in [3.8, 4) is 0 Å². The highest BCUT2D eigenvalue weighted by molar-refractivity contribution is 7.91. The summed E-state index contributed by atoms with van der Waals surface area (Å²) in [5.74, 6) is 1.28. The predicted molar refractivity (Wildman–Crippen MR) is 59.8 cm³/mol. The van der Waals surface area contributed by atoms with Gasteiger partial charge >= 0.3 is 0 Å². The molecule has 0 bridgehead atoms. The first-order chi connectivity index (χ1) is 7.61. The molecule has 6 nitrogen and oxygen atoms in total. The third-order valence-corrected chi connectivity index (χ3v) is 4.50. The highest BCUT2D eigenvalue weighted by Crippen LogP contribution is 2.07. The van der Waals surface area contributed by atoms with Gasteiger partial charge in [0, 0.05) is 25.6 Å². The van der Waals surface area contributed by atoms with Crippen molar-refractivity contribution in [3.05, 3.63) is 12.2 Å². The molecule has 2 rings (SSSR count). The van der Waals surface area contributed by atoms with Crippen LogP contribution in [0.5, 0.6) is 0 Å². The van der Waals surface area contributed by atoms with Gasteiger partial charge in [0.1, 0.15) is 12.2 Å². The lowest BCUT2D eigenvalue weighted by atomic mass is 10.2. The van der Waals surface area contributed by atoms with Gasteiger partial charge in [0.2, 0.25) is 0 Å². The fourth-order valence-corrected chi connectivity index (χ4v) is 3.36. The van der Waals surface area contributed by atoms with Crippen molar-refractivity contribution in [2.45, 2.75) is 25.9 Å². The minimum absolute atomic E-state index is 0.0340. The van der Waals surface area contributed by atoms with E-state index in [1.165, 1.54) is 0 Å². The summed E-state index contributed by atoms with van der Waals surface area (Å²) in [6.07, 6.45) is 2.29. The Bertz CT molecular complexity index is 454. The molecule has 1 aliphatic rings. The van der Waals surface area contributed by atoms with Crippen LogP contribution in [0, 0.1) is 0 Å². The van der Waals surface area contributed by atoms with Crippen molar-refractivity contribution in [1.29, 1.82) is 0 Å². The maximum atomic E-state index is 11.5. The van der Waals surface area contributed by atoms with Crippen LogP contribution in [0.15, 0.2) is 6.33 Å². The Morgan fingerprint density at radius 3 is 3.12 bits per heavy atom. The molecular weight excluding hydrogens is 228 g/mol. The second-order valence-corrected chi connectivity index (χ2v) is 6.23. The summed E-state index contributed by atoms with van der Waals surface area (Å²) < 4.78 is 24.9. The van der Waals surface area contributed by atoms with Crippen LogP contribution >= 0.6 is 0 Å². The lowest BCUT2D eigenvalue weighted by Crippen LogP contribution is -2.46. The van der Waals surface area contributed by atoms with Crippen molar-refractivity contribution in [2.24, 2.45) is 0 Å². The third-order valence-electron chi connectivity index (χ3n) is 2.77. The molecule has 7 heteroatoms. The molecule has 2 heterocycles. The van der Waals surface area contributed by atoms with E-state index in [9.17, 15) is 8.42 Å². The summed E-state index contributed by atoms with van der Waals surface area (Å²) in [6, 6.07) is -0.0340. The molecule has 0 aliphatic carbocycles. The van der Waals surface area contributed by atoms with Crippen LogP contribution in [0.1, 0.15) is 12.7 Å². The summed E-state index contributed by atoms with van der Waals surface area (Å²) in [5.41, 5.74) is 0. The van der Waals surface area contributed by atoms with Crippen molar-refractivity contribution in [3.63, 3.8) is 0 Å². The molecule has 90 valence electrons. The fourth-order valence-electron chi connectivity index (χ4n) is 1.92. The Morgan fingerprint density at radius 1 is 1.62 bits per heavy atom. The Morgan fingerprint density at radius 2 is 2.44 bits per heavy atom. The van der Waals surface area contributed by atoms with Crippen molar-refractivity contribution in [1.82, 2.24) is 20.1 Å².